The van der Waals surface area contributed by atoms with Crippen molar-refractivity contribution in [2.24, 2.45) is 0 Å². The minimum atomic E-state index is -0.628. The van der Waals surface area contributed by atoms with Gasteiger partial charge in [-0.3, -0.25) is 4.79 Å². The maximum Gasteiger partial charge on any atom is 0.265 e. The van der Waals surface area contributed by atoms with Crippen LogP contribution in [0.1, 0.15) is 18.1 Å². The van der Waals surface area contributed by atoms with Gasteiger partial charge in [-0.15, -0.1) is 0 Å². The molecule has 0 spiro atoms. The Kier molecular flexibility index (Phi) is 5.50. The predicted molar refractivity (Wildman–Crippen MR) is 92.6 cm³/mol. The fraction of sp³-hybridized carbons (Fsp3) is 0.278. The number of carbonyl (C=O) groups is 1. The third kappa shape index (κ3) is 4.63. The molecule has 2 aromatic carbocycles. The molecule has 1 amide bonds. The molecule has 23 heavy (non-hydrogen) atoms. The van der Waals surface area contributed by atoms with Crippen LogP contribution in [0.25, 0.3) is 0 Å². The third-order valence-electron chi connectivity index (χ3n) is 3.30. The molecule has 0 aromatic heterocycles. The molecule has 2 aromatic rings. The van der Waals surface area contributed by atoms with E-state index in [0.29, 0.717) is 22.2 Å². The van der Waals surface area contributed by atoms with Gasteiger partial charge in [-0.1, -0.05) is 17.7 Å². The molecule has 2 rings (SSSR count). The zero-order valence-electron chi connectivity index (χ0n) is 13.6. The maximum atomic E-state index is 12.2. The molecular formula is C18H20ClNO3. The average molecular weight is 334 g/mol. The number of amides is 1. The lowest BCUT2D eigenvalue weighted by Gasteiger charge is -2.16. The second-order valence-corrected chi connectivity index (χ2v) is 5.83. The lowest BCUT2D eigenvalue weighted by atomic mass is 10.1. The summed E-state index contributed by atoms with van der Waals surface area (Å²) >= 11 is 6.05. The van der Waals surface area contributed by atoms with E-state index in [1.807, 2.05) is 26.0 Å². The van der Waals surface area contributed by atoms with Crippen LogP contribution in [-0.2, 0) is 4.79 Å². The van der Waals surface area contributed by atoms with E-state index in [-0.39, 0.29) is 5.91 Å². The predicted octanol–water partition coefficient (Wildman–Crippen LogP) is 4.37. The molecule has 4 nitrogen and oxygen atoms in total. The molecule has 0 heterocycles. The standard InChI is InChI=1S/C18H20ClNO3/c1-11-7-12(2)9-15(8-11)23-13(3)18(21)20-14-5-6-17(22-4)16(19)10-14/h5-10,13H,1-4H3,(H,20,21)/t13-/m0/s1. The van der Waals surface area contributed by atoms with Crippen LogP contribution in [-0.4, -0.2) is 19.1 Å². The SMILES string of the molecule is COc1ccc(NC(=O)[C@H](C)Oc2cc(C)cc(C)c2)cc1Cl. The minimum absolute atomic E-state index is 0.245. The Morgan fingerprint density at radius 2 is 1.78 bits per heavy atom. The first-order valence-corrected chi connectivity index (χ1v) is 7.66. The monoisotopic (exact) mass is 333 g/mol. The summed E-state index contributed by atoms with van der Waals surface area (Å²) in [5.74, 6) is 0.993. The lowest BCUT2D eigenvalue weighted by Crippen LogP contribution is -2.30. The Morgan fingerprint density at radius 1 is 1.13 bits per heavy atom. The van der Waals surface area contributed by atoms with Crippen LogP contribution in [0.4, 0.5) is 5.69 Å². The van der Waals surface area contributed by atoms with Crippen molar-refractivity contribution in [2.75, 3.05) is 12.4 Å². The van der Waals surface area contributed by atoms with Crippen molar-refractivity contribution in [3.63, 3.8) is 0 Å². The van der Waals surface area contributed by atoms with Gasteiger partial charge in [0.15, 0.2) is 6.10 Å². The zero-order valence-corrected chi connectivity index (χ0v) is 14.4. The summed E-state index contributed by atoms with van der Waals surface area (Å²) in [6.45, 7) is 5.69. The Labute approximate surface area is 141 Å². The summed E-state index contributed by atoms with van der Waals surface area (Å²) in [4.78, 5) is 12.2. The normalized spacial score (nSPS) is 11.7. The van der Waals surface area contributed by atoms with Crippen molar-refractivity contribution in [2.45, 2.75) is 26.9 Å². The number of methoxy groups -OCH3 is 1. The summed E-state index contributed by atoms with van der Waals surface area (Å²) in [7, 11) is 1.54. The summed E-state index contributed by atoms with van der Waals surface area (Å²) in [5, 5.41) is 3.22. The number of ether oxygens (including phenoxy) is 2. The topological polar surface area (TPSA) is 47.6 Å². The van der Waals surface area contributed by atoms with Crippen molar-refractivity contribution < 1.29 is 14.3 Å². The molecule has 1 N–H and O–H groups in total. The van der Waals surface area contributed by atoms with Gasteiger partial charge in [-0.05, 0) is 62.2 Å². The zero-order chi connectivity index (χ0) is 17.0. The fourth-order valence-corrected chi connectivity index (χ4v) is 2.50. The third-order valence-corrected chi connectivity index (χ3v) is 3.59. The Bertz CT molecular complexity index is 695. The van der Waals surface area contributed by atoms with Gasteiger partial charge in [0.05, 0.1) is 12.1 Å². The molecule has 122 valence electrons. The highest BCUT2D eigenvalue weighted by Gasteiger charge is 2.16. The number of rotatable bonds is 5. The molecule has 0 fully saturated rings. The highest BCUT2D eigenvalue weighted by atomic mass is 35.5. The number of hydrogen-bond acceptors (Lipinski definition) is 3. The molecule has 0 radical (unpaired) electrons. The number of nitrogens with one attached hydrogen (secondary N) is 1. The van der Waals surface area contributed by atoms with Crippen LogP contribution in [0.3, 0.4) is 0 Å². The van der Waals surface area contributed by atoms with Gasteiger partial charge in [-0.25, -0.2) is 0 Å². The van der Waals surface area contributed by atoms with Crippen molar-refractivity contribution >= 4 is 23.2 Å². The van der Waals surface area contributed by atoms with Crippen LogP contribution >= 0.6 is 11.6 Å². The maximum absolute atomic E-state index is 12.2. The fourth-order valence-electron chi connectivity index (χ4n) is 2.25. The van der Waals surface area contributed by atoms with Gasteiger partial charge >= 0.3 is 0 Å². The lowest BCUT2D eigenvalue weighted by molar-refractivity contribution is -0.122. The Morgan fingerprint density at radius 3 is 2.35 bits per heavy atom. The average Bonchev–Trinajstić information content (AvgIpc) is 2.46. The second-order valence-electron chi connectivity index (χ2n) is 5.42. The van der Waals surface area contributed by atoms with Gasteiger partial charge < -0.3 is 14.8 Å². The van der Waals surface area contributed by atoms with Gasteiger partial charge in [-0.2, -0.15) is 0 Å². The largest absolute Gasteiger partial charge is 0.495 e. The van der Waals surface area contributed by atoms with Gasteiger partial charge in [0.1, 0.15) is 11.5 Å². The van der Waals surface area contributed by atoms with Crippen molar-refractivity contribution in [3.8, 4) is 11.5 Å². The van der Waals surface area contributed by atoms with Crippen LogP contribution in [0.15, 0.2) is 36.4 Å². The highest BCUT2D eigenvalue weighted by Crippen LogP contribution is 2.27. The first-order chi connectivity index (χ1) is 10.9. The van der Waals surface area contributed by atoms with E-state index >= 15 is 0 Å². The second kappa shape index (κ2) is 7.38. The molecular weight excluding hydrogens is 314 g/mol. The number of anilines is 1. The van der Waals surface area contributed by atoms with E-state index in [4.69, 9.17) is 21.1 Å². The van der Waals surface area contributed by atoms with Crippen LogP contribution in [0.5, 0.6) is 11.5 Å². The molecule has 0 aliphatic carbocycles. The summed E-state index contributed by atoms with van der Waals surface area (Å²) < 4.78 is 10.8. The number of halogens is 1. The molecule has 5 heteroatoms. The van der Waals surface area contributed by atoms with Gasteiger partial charge in [0.2, 0.25) is 0 Å². The van der Waals surface area contributed by atoms with Crippen LogP contribution < -0.4 is 14.8 Å². The Balaban J connectivity index is 2.03. The van der Waals surface area contributed by atoms with E-state index in [2.05, 4.69) is 11.4 Å². The molecule has 0 saturated heterocycles. The van der Waals surface area contributed by atoms with E-state index in [1.165, 1.54) is 0 Å². The van der Waals surface area contributed by atoms with Crippen LogP contribution in [0, 0.1) is 13.8 Å². The number of hydrogen-bond donors (Lipinski definition) is 1. The summed E-state index contributed by atoms with van der Waals surface area (Å²) in [6.07, 6.45) is -0.628. The van der Waals surface area contributed by atoms with E-state index in [1.54, 1.807) is 32.2 Å². The van der Waals surface area contributed by atoms with Crippen molar-refractivity contribution in [1.29, 1.82) is 0 Å². The molecule has 0 aliphatic heterocycles. The number of aryl methyl sites for hydroxylation is 2. The summed E-state index contributed by atoms with van der Waals surface area (Å²) in [5.41, 5.74) is 2.78. The van der Waals surface area contributed by atoms with E-state index in [9.17, 15) is 4.79 Å². The van der Waals surface area contributed by atoms with Gasteiger partial charge in [0.25, 0.3) is 5.91 Å². The van der Waals surface area contributed by atoms with Gasteiger partial charge in [0, 0.05) is 5.69 Å². The molecule has 0 saturated carbocycles. The smallest absolute Gasteiger partial charge is 0.265 e. The molecule has 0 bridgehead atoms. The summed E-state index contributed by atoms with van der Waals surface area (Å²) in [6, 6.07) is 10.9. The van der Waals surface area contributed by atoms with Crippen molar-refractivity contribution in [1.82, 2.24) is 0 Å². The minimum Gasteiger partial charge on any atom is -0.495 e. The van der Waals surface area contributed by atoms with Crippen molar-refractivity contribution in [3.05, 3.63) is 52.5 Å². The quantitative estimate of drug-likeness (QED) is 0.883. The highest BCUT2D eigenvalue weighted by molar-refractivity contribution is 6.32. The number of carbonyl (C=O) groups excluding carboxylic acids is 1. The van der Waals surface area contributed by atoms with E-state index < -0.39 is 6.10 Å². The first kappa shape index (κ1) is 17.2. The van der Waals surface area contributed by atoms with Crippen LogP contribution in [0.2, 0.25) is 5.02 Å². The molecule has 0 aliphatic rings. The Hall–Kier alpha value is -2.20. The molecule has 0 unspecified atom stereocenters. The molecule has 1 atom stereocenters. The first-order valence-electron chi connectivity index (χ1n) is 7.28. The van der Waals surface area contributed by atoms with E-state index in [0.717, 1.165) is 11.1 Å². The number of benzene rings is 2.